The standard InChI is InChI=1S/C12H15F3O/c1-2-9(8-16)7-10-3-5-11(6-4-10)12(13,14)15/h3-6,9,16H,2,7-8H2,1H3. The van der Waals surface area contributed by atoms with Gasteiger partial charge in [-0.3, -0.25) is 0 Å². The van der Waals surface area contributed by atoms with Gasteiger partial charge in [0.05, 0.1) is 5.56 Å². The van der Waals surface area contributed by atoms with Crippen molar-refractivity contribution in [3.8, 4) is 0 Å². The van der Waals surface area contributed by atoms with Gasteiger partial charge in [0.2, 0.25) is 0 Å². The number of aliphatic hydroxyl groups is 1. The zero-order valence-electron chi connectivity index (χ0n) is 9.09. The molecule has 1 atom stereocenters. The van der Waals surface area contributed by atoms with Gasteiger partial charge in [0.15, 0.2) is 0 Å². The molecular formula is C12H15F3O. The highest BCUT2D eigenvalue weighted by Crippen LogP contribution is 2.29. The molecule has 0 aliphatic rings. The maximum absolute atomic E-state index is 12.3. The van der Waals surface area contributed by atoms with Gasteiger partial charge in [0.25, 0.3) is 0 Å². The first kappa shape index (κ1) is 13.0. The fourth-order valence-electron chi connectivity index (χ4n) is 1.50. The molecule has 0 bridgehead atoms. The summed E-state index contributed by atoms with van der Waals surface area (Å²) >= 11 is 0. The van der Waals surface area contributed by atoms with Crippen LogP contribution in [0, 0.1) is 5.92 Å². The number of halogens is 3. The Morgan fingerprint density at radius 2 is 1.75 bits per heavy atom. The van der Waals surface area contributed by atoms with Crippen molar-refractivity contribution in [3.05, 3.63) is 35.4 Å². The van der Waals surface area contributed by atoms with Crippen molar-refractivity contribution in [1.82, 2.24) is 0 Å². The molecule has 0 saturated heterocycles. The van der Waals surface area contributed by atoms with E-state index in [0.29, 0.717) is 6.42 Å². The lowest BCUT2D eigenvalue weighted by Gasteiger charge is -2.12. The molecule has 0 radical (unpaired) electrons. The van der Waals surface area contributed by atoms with Crippen molar-refractivity contribution in [2.75, 3.05) is 6.61 Å². The molecule has 0 aliphatic heterocycles. The summed E-state index contributed by atoms with van der Waals surface area (Å²) in [5.41, 5.74) is 0.196. The topological polar surface area (TPSA) is 20.2 Å². The second-order valence-corrected chi connectivity index (χ2v) is 3.86. The Morgan fingerprint density at radius 1 is 1.19 bits per heavy atom. The van der Waals surface area contributed by atoms with Crippen molar-refractivity contribution in [3.63, 3.8) is 0 Å². The van der Waals surface area contributed by atoms with Crippen molar-refractivity contribution in [1.29, 1.82) is 0 Å². The third kappa shape index (κ3) is 3.52. The van der Waals surface area contributed by atoms with Crippen LogP contribution < -0.4 is 0 Å². The fraction of sp³-hybridized carbons (Fsp3) is 0.500. The SMILES string of the molecule is CCC(CO)Cc1ccc(C(F)(F)F)cc1. The molecule has 0 amide bonds. The molecule has 90 valence electrons. The predicted octanol–water partition coefficient (Wildman–Crippen LogP) is 3.27. The first-order valence-electron chi connectivity index (χ1n) is 5.24. The average Bonchev–Trinajstić information content (AvgIpc) is 2.25. The Balaban J connectivity index is 2.72. The van der Waals surface area contributed by atoms with Crippen LogP contribution in [0.2, 0.25) is 0 Å². The summed E-state index contributed by atoms with van der Waals surface area (Å²) < 4.78 is 36.8. The number of benzene rings is 1. The van der Waals surface area contributed by atoms with E-state index in [2.05, 4.69) is 0 Å². The van der Waals surface area contributed by atoms with E-state index in [4.69, 9.17) is 5.11 Å². The van der Waals surface area contributed by atoms with Crippen molar-refractivity contribution in [2.24, 2.45) is 5.92 Å². The van der Waals surface area contributed by atoms with Gasteiger partial charge in [-0.2, -0.15) is 13.2 Å². The Bertz CT molecular complexity index is 312. The summed E-state index contributed by atoms with van der Waals surface area (Å²) in [7, 11) is 0. The summed E-state index contributed by atoms with van der Waals surface area (Å²) in [5, 5.41) is 8.99. The molecule has 0 fully saturated rings. The van der Waals surface area contributed by atoms with E-state index in [1.165, 1.54) is 12.1 Å². The second kappa shape index (κ2) is 5.34. The highest BCUT2D eigenvalue weighted by Gasteiger charge is 2.29. The van der Waals surface area contributed by atoms with E-state index in [1.807, 2.05) is 6.92 Å². The van der Waals surface area contributed by atoms with Gasteiger partial charge in [-0.05, 0) is 30.0 Å². The first-order valence-corrected chi connectivity index (χ1v) is 5.24. The van der Waals surface area contributed by atoms with E-state index < -0.39 is 11.7 Å². The Hall–Kier alpha value is -1.03. The normalized spacial score (nSPS) is 13.8. The van der Waals surface area contributed by atoms with E-state index in [0.717, 1.165) is 24.1 Å². The van der Waals surface area contributed by atoms with Gasteiger partial charge in [-0.15, -0.1) is 0 Å². The molecule has 0 aromatic heterocycles. The Morgan fingerprint density at radius 3 is 2.12 bits per heavy atom. The Labute approximate surface area is 92.9 Å². The molecule has 0 heterocycles. The minimum Gasteiger partial charge on any atom is -0.396 e. The monoisotopic (exact) mass is 232 g/mol. The maximum Gasteiger partial charge on any atom is 0.416 e. The molecule has 1 rings (SSSR count). The maximum atomic E-state index is 12.3. The van der Waals surface area contributed by atoms with Gasteiger partial charge >= 0.3 is 6.18 Å². The van der Waals surface area contributed by atoms with Crippen LogP contribution in [-0.2, 0) is 12.6 Å². The van der Waals surface area contributed by atoms with E-state index in [-0.39, 0.29) is 12.5 Å². The molecule has 0 aliphatic carbocycles. The predicted molar refractivity (Wildman–Crippen MR) is 56.0 cm³/mol. The van der Waals surface area contributed by atoms with E-state index in [9.17, 15) is 13.2 Å². The van der Waals surface area contributed by atoms with Gasteiger partial charge in [-0.1, -0.05) is 25.5 Å². The molecular weight excluding hydrogens is 217 g/mol. The molecule has 0 spiro atoms. The van der Waals surface area contributed by atoms with Crippen LogP contribution in [0.4, 0.5) is 13.2 Å². The summed E-state index contributed by atoms with van der Waals surface area (Å²) in [6, 6.07) is 5.11. The molecule has 1 N–H and O–H groups in total. The lowest BCUT2D eigenvalue weighted by molar-refractivity contribution is -0.137. The zero-order chi connectivity index (χ0) is 12.2. The number of alkyl halides is 3. The molecule has 1 aromatic carbocycles. The number of aliphatic hydroxyl groups excluding tert-OH is 1. The molecule has 1 aromatic rings. The second-order valence-electron chi connectivity index (χ2n) is 3.86. The van der Waals surface area contributed by atoms with Gasteiger partial charge in [0.1, 0.15) is 0 Å². The molecule has 1 nitrogen and oxygen atoms in total. The van der Waals surface area contributed by atoms with Crippen LogP contribution in [0.5, 0.6) is 0 Å². The van der Waals surface area contributed by atoms with Gasteiger partial charge in [-0.25, -0.2) is 0 Å². The van der Waals surface area contributed by atoms with Crippen LogP contribution in [0.1, 0.15) is 24.5 Å². The third-order valence-corrected chi connectivity index (χ3v) is 2.64. The van der Waals surface area contributed by atoms with Gasteiger partial charge in [0, 0.05) is 6.61 Å². The van der Waals surface area contributed by atoms with Crippen LogP contribution in [0.15, 0.2) is 24.3 Å². The minimum absolute atomic E-state index is 0.0670. The molecule has 4 heteroatoms. The van der Waals surface area contributed by atoms with Crippen molar-refractivity contribution in [2.45, 2.75) is 25.9 Å². The molecule has 0 saturated carbocycles. The zero-order valence-corrected chi connectivity index (χ0v) is 9.09. The fourth-order valence-corrected chi connectivity index (χ4v) is 1.50. The number of hydrogen-bond acceptors (Lipinski definition) is 1. The minimum atomic E-state index is -4.28. The summed E-state index contributed by atoms with van der Waals surface area (Å²) in [4.78, 5) is 0. The van der Waals surface area contributed by atoms with E-state index >= 15 is 0 Å². The lowest BCUT2D eigenvalue weighted by atomic mass is 9.97. The van der Waals surface area contributed by atoms with Crippen LogP contribution in [0.3, 0.4) is 0 Å². The molecule has 16 heavy (non-hydrogen) atoms. The summed E-state index contributed by atoms with van der Waals surface area (Å²) in [5.74, 6) is 0.122. The number of rotatable bonds is 4. The highest BCUT2D eigenvalue weighted by atomic mass is 19.4. The van der Waals surface area contributed by atoms with Gasteiger partial charge < -0.3 is 5.11 Å². The summed E-state index contributed by atoms with van der Waals surface area (Å²) in [6.45, 7) is 2.02. The smallest absolute Gasteiger partial charge is 0.396 e. The van der Waals surface area contributed by atoms with Crippen molar-refractivity contribution >= 4 is 0 Å². The molecule has 1 unspecified atom stereocenters. The third-order valence-electron chi connectivity index (χ3n) is 2.64. The quantitative estimate of drug-likeness (QED) is 0.844. The van der Waals surface area contributed by atoms with Crippen molar-refractivity contribution < 1.29 is 18.3 Å². The van der Waals surface area contributed by atoms with E-state index in [1.54, 1.807) is 0 Å². The van der Waals surface area contributed by atoms with Crippen LogP contribution in [0.25, 0.3) is 0 Å². The van der Waals surface area contributed by atoms with Crippen LogP contribution in [-0.4, -0.2) is 11.7 Å². The van der Waals surface area contributed by atoms with Crippen LogP contribution >= 0.6 is 0 Å². The summed E-state index contributed by atoms with van der Waals surface area (Å²) in [6.07, 6.45) is -2.84. The first-order chi connectivity index (χ1) is 7.47. The number of hydrogen-bond donors (Lipinski definition) is 1. The Kier molecular flexibility index (Phi) is 4.35. The average molecular weight is 232 g/mol. The lowest BCUT2D eigenvalue weighted by Crippen LogP contribution is -2.09. The largest absolute Gasteiger partial charge is 0.416 e. The highest BCUT2D eigenvalue weighted by molar-refractivity contribution is 5.24.